The van der Waals surface area contributed by atoms with Crippen LogP contribution in [-0.4, -0.2) is 34.2 Å². The van der Waals surface area contributed by atoms with E-state index in [9.17, 15) is 4.79 Å². The van der Waals surface area contributed by atoms with Crippen molar-refractivity contribution in [3.8, 4) is 0 Å². The molecular weight excluding hydrogens is 342 g/mol. The maximum Gasteiger partial charge on any atom is 0.353 e. The Morgan fingerprint density at radius 2 is 1.74 bits per heavy atom. The second-order valence-corrected chi connectivity index (χ2v) is 6.92. The van der Waals surface area contributed by atoms with Crippen LogP contribution < -0.4 is 5.69 Å². The van der Waals surface area contributed by atoms with E-state index < -0.39 is 0 Å². The summed E-state index contributed by atoms with van der Waals surface area (Å²) in [4.78, 5) is 17.9. The number of rotatable bonds is 3. The van der Waals surface area contributed by atoms with Gasteiger partial charge in [0.1, 0.15) is 18.0 Å². The van der Waals surface area contributed by atoms with Gasteiger partial charge in [-0.3, -0.25) is 0 Å². The van der Waals surface area contributed by atoms with Crippen LogP contribution in [0.25, 0.3) is 27.6 Å². The summed E-state index contributed by atoms with van der Waals surface area (Å²) in [6, 6.07) is 15.5. The molecule has 0 aliphatic heterocycles. The zero-order valence-electron chi connectivity index (χ0n) is 14.4. The standard InChI is InChI=1S/C19H15N7O/c27-19-25(11-24-16-8-4-3-7-15(16)21-23-24)22-18-13-5-1-2-6-14(13)20-17(26(18)19)12-9-10-12/h1-8,12H,9-11H2. The Morgan fingerprint density at radius 1 is 0.963 bits per heavy atom. The summed E-state index contributed by atoms with van der Waals surface area (Å²) in [5, 5.41) is 13.8. The van der Waals surface area contributed by atoms with E-state index >= 15 is 0 Å². The largest absolute Gasteiger partial charge is 0.353 e. The van der Waals surface area contributed by atoms with Crippen LogP contribution in [0, 0.1) is 0 Å². The molecule has 8 nitrogen and oxygen atoms in total. The van der Waals surface area contributed by atoms with Crippen LogP contribution in [0.4, 0.5) is 0 Å². The highest BCUT2D eigenvalue weighted by molar-refractivity contribution is 5.91. The summed E-state index contributed by atoms with van der Waals surface area (Å²) in [5.74, 6) is 1.14. The minimum Gasteiger partial charge on any atom is -0.245 e. The van der Waals surface area contributed by atoms with Crippen molar-refractivity contribution in [1.82, 2.24) is 34.2 Å². The molecule has 1 fully saturated rings. The summed E-state index contributed by atoms with van der Waals surface area (Å²) in [6.07, 6.45) is 2.12. The van der Waals surface area contributed by atoms with E-state index in [0.29, 0.717) is 11.6 Å². The molecule has 1 aliphatic rings. The molecule has 27 heavy (non-hydrogen) atoms. The quantitative estimate of drug-likeness (QED) is 0.494. The van der Waals surface area contributed by atoms with E-state index in [0.717, 1.165) is 40.6 Å². The summed E-state index contributed by atoms with van der Waals surface area (Å²) in [5.41, 5.74) is 2.99. The van der Waals surface area contributed by atoms with Gasteiger partial charge in [0.15, 0.2) is 5.65 Å². The van der Waals surface area contributed by atoms with Crippen molar-refractivity contribution in [3.05, 3.63) is 64.8 Å². The first-order valence-corrected chi connectivity index (χ1v) is 8.96. The van der Waals surface area contributed by atoms with E-state index in [2.05, 4.69) is 15.4 Å². The number of nitrogens with zero attached hydrogens (tertiary/aromatic N) is 7. The van der Waals surface area contributed by atoms with Crippen LogP contribution in [0.1, 0.15) is 24.6 Å². The van der Waals surface area contributed by atoms with E-state index in [4.69, 9.17) is 4.98 Å². The lowest BCUT2D eigenvalue weighted by Crippen LogP contribution is -2.26. The first-order chi connectivity index (χ1) is 13.3. The highest BCUT2D eigenvalue weighted by Gasteiger charge is 2.30. The number of aromatic nitrogens is 7. The molecule has 1 saturated carbocycles. The number of benzene rings is 2. The van der Waals surface area contributed by atoms with Crippen LogP contribution in [0.15, 0.2) is 53.3 Å². The predicted octanol–water partition coefficient (Wildman–Crippen LogP) is 2.17. The Kier molecular flexibility index (Phi) is 2.83. The molecule has 0 saturated heterocycles. The smallest absolute Gasteiger partial charge is 0.245 e. The Morgan fingerprint density at radius 3 is 2.59 bits per heavy atom. The van der Waals surface area contributed by atoms with Gasteiger partial charge in [-0.05, 0) is 37.1 Å². The normalized spacial score (nSPS) is 14.5. The molecule has 132 valence electrons. The molecular formula is C19H15N7O. The third-order valence-electron chi connectivity index (χ3n) is 5.08. The molecule has 0 radical (unpaired) electrons. The molecule has 3 heterocycles. The summed E-state index contributed by atoms with van der Waals surface area (Å²) >= 11 is 0. The van der Waals surface area contributed by atoms with Gasteiger partial charge in [0.25, 0.3) is 0 Å². The fourth-order valence-corrected chi connectivity index (χ4v) is 3.58. The molecule has 3 aromatic heterocycles. The molecule has 2 aromatic carbocycles. The first kappa shape index (κ1) is 14.6. The average Bonchev–Trinajstić information content (AvgIpc) is 3.40. The highest BCUT2D eigenvalue weighted by atomic mass is 16.2. The van der Waals surface area contributed by atoms with Crippen molar-refractivity contribution < 1.29 is 0 Å². The van der Waals surface area contributed by atoms with Gasteiger partial charge in [-0.25, -0.2) is 18.9 Å². The first-order valence-electron chi connectivity index (χ1n) is 8.96. The molecule has 8 heteroatoms. The summed E-state index contributed by atoms with van der Waals surface area (Å²) < 4.78 is 4.80. The highest BCUT2D eigenvalue weighted by Crippen LogP contribution is 2.39. The lowest BCUT2D eigenvalue weighted by atomic mass is 10.2. The van der Waals surface area contributed by atoms with E-state index in [1.807, 2.05) is 48.5 Å². The van der Waals surface area contributed by atoms with Crippen LogP contribution in [0.5, 0.6) is 0 Å². The molecule has 6 rings (SSSR count). The third-order valence-corrected chi connectivity index (χ3v) is 5.08. The lowest BCUT2D eigenvalue weighted by Gasteiger charge is -2.04. The zero-order chi connectivity index (χ0) is 18.0. The van der Waals surface area contributed by atoms with E-state index in [1.54, 1.807) is 9.08 Å². The van der Waals surface area contributed by atoms with Gasteiger partial charge in [0, 0.05) is 11.3 Å². The maximum absolute atomic E-state index is 13.1. The van der Waals surface area contributed by atoms with Crippen molar-refractivity contribution in [2.24, 2.45) is 0 Å². The molecule has 0 bridgehead atoms. The van der Waals surface area contributed by atoms with Crippen molar-refractivity contribution in [3.63, 3.8) is 0 Å². The molecule has 0 amide bonds. The third kappa shape index (κ3) is 2.13. The number of fused-ring (bicyclic) bond motifs is 4. The van der Waals surface area contributed by atoms with Gasteiger partial charge in [-0.15, -0.1) is 10.2 Å². The Bertz CT molecular complexity index is 1390. The molecule has 1 aliphatic carbocycles. The second-order valence-electron chi connectivity index (χ2n) is 6.92. The SMILES string of the molecule is O=c1n(Cn2nnc3ccccc32)nc2c3ccccc3nc(C3CC3)n12. The monoisotopic (exact) mass is 357 g/mol. The predicted molar refractivity (Wildman–Crippen MR) is 99.7 cm³/mol. The fraction of sp³-hybridized carbons (Fsp3) is 0.211. The molecule has 0 unspecified atom stereocenters. The van der Waals surface area contributed by atoms with Gasteiger partial charge in [-0.2, -0.15) is 4.68 Å². The minimum atomic E-state index is -0.190. The maximum atomic E-state index is 13.1. The topological polar surface area (TPSA) is 82.9 Å². The van der Waals surface area contributed by atoms with Crippen molar-refractivity contribution in [1.29, 1.82) is 0 Å². The molecule has 5 aromatic rings. The number of hydrogen-bond donors (Lipinski definition) is 0. The van der Waals surface area contributed by atoms with Gasteiger partial charge >= 0.3 is 5.69 Å². The van der Waals surface area contributed by atoms with Gasteiger partial charge in [-0.1, -0.05) is 29.5 Å². The van der Waals surface area contributed by atoms with E-state index in [1.165, 1.54) is 4.68 Å². The summed E-state index contributed by atoms with van der Waals surface area (Å²) in [6.45, 7) is 0.208. The van der Waals surface area contributed by atoms with Crippen molar-refractivity contribution in [2.75, 3.05) is 0 Å². The van der Waals surface area contributed by atoms with Crippen molar-refractivity contribution >= 4 is 27.6 Å². The summed E-state index contributed by atoms with van der Waals surface area (Å²) in [7, 11) is 0. The Hall–Kier alpha value is -3.55. The molecule has 0 N–H and O–H groups in total. The number of para-hydroxylation sites is 2. The zero-order valence-corrected chi connectivity index (χ0v) is 14.4. The van der Waals surface area contributed by atoms with Gasteiger partial charge in [0.05, 0.1) is 11.0 Å². The lowest BCUT2D eigenvalue weighted by molar-refractivity contribution is 0.488. The van der Waals surface area contributed by atoms with Crippen LogP contribution >= 0.6 is 0 Å². The second kappa shape index (κ2) is 5.23. The van der Waals surface area contributed by atoms with Gasteiger partial charge in [0.2, 0.25) is 0 Å². The van der Waals surface area contributed by atoms with E-state index in [-0.39, 0.29) is 12.4 Å². The molecule has 0 atom stereocenters. The van der Waals surface area contributed by atoms with Crippen molar-refractivity contribution in [2.45, 2.75) is 25.4 Å². The molecule has 0 spiro atoms. The Labute approximate surface area is 152 Å². The van der Waals surface area contributed by atoms with Crippen LogP contribution in [0.3, 0.4) is 0 Å². The Balaban J connectivity index is 1.60. The minimum absolute atomic E-state index is 0.190. The van der Waals surface area contributed by atoms with Crippen LogP contribution in [-0.2, 0) is 6.67 Å². The van der Waals surface area contributed by atoms with Gasteiger partial charge < -0.3 is 0 Å². The number of hydrogen-bond acceptors (Lipinski definition) is 5. The fourth-order valence-electron chi connectivity index (χ4n) is 3.58. The average molecular weight is 357 g/mol. The van der Waals surface area contributed by atoms with Crippen LogP contribution in [0.2, 0.25) is 0 Å².